The van der Waals surface area contributed by atoms with Crippen LogP contribution in [0.4, 0.5) is 0 Å². The number of thioether (sulfide) groups is 1. The summed E-state index contributed by atoms with van der Waals surface area (Å²) in [5.41, 5.74) is 0.908. The van der Waals surface area contributed by atoms with Crippen molar-refractivity contribution in [3.05, 3.63) is 28.7 Å². The smallest absolute Gasteiger partial charge is 0.222 e. The first kappa shape index (κ1) is 17.8. The van der Waals surface area contributed by atoms with Gasteiger partial charge in [0.15, 0.2) is 5.82 Å². The van der Waals surface area contributed by atoms with E-state index in [0.29, 0.717) is 17.4 Å². The third-order valence-electron chi connectivity index (χ3n) is 3.29. The minimum absolute atomic E-state index is 0.160. The van der Waals surface area contributed by atoms with Crippen LogP contribution in [0.5, 0.6) is 0 Å². The van der Waals surface area contributed by atoms with E-state index in [9.17, 15) is 4.79 Å². The number of aromatic nitrogens is 3. The number of hydrogen-bond donors (Lipinski definition) is 1. The molecule has 124 valence electrons. The summed E-state index contributed by atoms with van der Waals surface area (Å²) in [5, 5.41) is 9.00. The van der Waals surface area contributed by atoms with Crippen LogP contribution in [-0.2, 0) is 4.79 Å². The number of halogens is 1. The molecule has 0 unspecified atom stereocenters. The van der Waals surface area contributed by atoms with E-state index in [0.717, 1.165) is 28.6 Å². The number of hydrogen-bond acceptors (Lipinski definition) is 5. The van der Waals surface area contributed by atoms with Crippen LogP contribution in [0.2, 0.25) is 0 Å². The number of amides is 1. The van der Waals surface area contributed by atoms with Gasteiger partial charge in [0.05, 0.1) is 0 Å². The second-order valence-electron chi connectivity index (χ2n) is 5.25. The van der Waals surface area contributed by atoms with Crippen LogP contribution in [0.25, 0.3) is 11.4 Å². The Morgan fingerprint density at radius 2 is 2.04 bits per heavy atom. The molecule has 6 nitrogen and oxygen atoms in total. The van der Waals surface area contributed by atoms with Crippen molar-refractivity contribution < 1.29 is 4.79 Å². The van der Waals surface area contributed by atoms with Crippen molar-refractivity contribution in [2.45, 2.75) is 24.4 Å². The fraction of sp³-hybridized carbons (Fsp3) is 0.400. The molecule has 0 spiro atoms. The third kappa shape index (κ3) is 4.71. The highest BCUT2D eigenvalue weighted by Crippen LogP contribution is 2.28. The fourth-order valence-electron chi connectivity index (χ4n) is 1.97. The molecule has 23 heavy (non-hydrogen) atoms. The summed E-state index contributed by atoms with van der Waals surface area (Å²) in [7, 11) is 3.55. The van der Waals surface area contributed by atoms with Crippen molar-refractivity contribution in [2.24, 2.45) is 0 Å². The Labute approximate surface area is 148 Å². The van der Waals surface area contributed by atoms with E-state index in [1.165, 1.54) is 4.68 Å². The van der Waals surface area contributed by atoms with Crippen molar-refractivity contribution >= 4 is 33.6 Å². The van der Waals surface area contributed by atoms with Gasteiger partial charge in [-0.2, -0.15) is 0 Å². The molecule has 1 aromatic heterocycles. The first-order chi connectivity index (χ1) is 11.0. The molecule has 0 saturated carbocycles. The van der Waals surface area contributed by atoms with E-state index in [1.807, 2.05) is 24.3 Å². The summed E-state index contributed by atoms with van der Waals surface area (Å²) in [6, 6.07) is 7.76. The third-order valence-corrected chi connectivity index (χ3v) is 5.02. The van der Waals surface area contributed by atoms with E-state index >= 15 is 0 Å². The molecule has 2 rings (SSSR count). The van der Waals surface area contributed by atoms with Crippen LogP contribution in [0.3, 0.4) is 0 Å². The average molecular weight is 398 g/mol. The zero-order valence-electron chi connectivity index (χ0n) is 13.2. The molecule has 2 N–H and O–H groups in total. The lowest BCUT2D eigenvalue weighted by atomic mass is 10.2. The van der Waals surface area contributed by atoms with E-state index < -0.39 is 0 Å². The molecule has 2 aromatic rings. The Kier molecular flexibility index (Phi) is 6.47. The Morgan fingerprint density at radius 3 is 2.74 bits per heavy atom. The second kappa shape index (κ2) is 8.35. The van der Waals surface area contributed by atoms with Crippen LogP contribution >= 0.6 is 27.7 Å². The molecule has 0 aliphatic heterocycles. The van der Waals surface area contributed by atoms with Crippen molar-refractivity contribution in [1.29, 1.82) is 0 Å². The van der Waals surface area contributed by atoms with Crippen LogP contribution in [0.15, 0.2) is 33.9 Å². The highest BCUT2D eigenvalue weighted by molar-refractivity contribution is 9.10. The van der Waals surface area contributed by atoms with Gasteiger partial charge in [0.2, 0.25) is 11.1 Å². The molecule has 1 amide bonds. The van der Waals surface area contributed by atoms with Gasteiger partial charge in [-0.1, -0.05) is 39.8 Å². The highest BCUT2D eigenvalue weighted by atomic mass is 79.9. The first-order valence-corrected chi connectivity index (χ1v) is 9.07. The quantitative estimate of drug-likeness (QED) is 0.441. The monoisotopic (exact) mass is 397 g/mol. The lowest BCUT2D eigenvalue weighted by Gasteiger charge is -2.09. The Bertz CT molecular complexity index is 674. The number of rotatable bonds is 7. The van der Waals surface area contributed by atoms with Crippen molar-refractivity contribution in [3.63, 3.8) is 0 Å². The number of carbonyl (C=O) groups excluding carboxylic acids is 1. The summed E-state index contributed by atoms with van der Waals surface area (Å²) in [6.45, 7) is 0. The summed E-state index contributed by atoms with van der Waals surface area (Å²) < 4.78 is 2.44. The predicted octanol–water partition coefficient (Wildman–Crippen LogP) is 2.77. The Balaban J connectivity index is 1.88. The standard InChI is InChI=1S/C15H20BrN5OS/c1-20(2)13(22)9-5-6-10-23-15-19-18-14(21(15)17)11-7-3-4-8-12(11)16/h3-4,7-8H,5-6,9-10,17H2,1-2H3. The number of unbranched alkanes of at least 4 members (excludes halogenated alkanes) is 1. The Morgan fingerprint density at radius 1 is 1.30 bits per heavy atom. The number of nitrogens with two attached hydrogens (primary N) is 1. The van der Waals surface area contributed by atoms with E-state index in [-0.39, 0.29) is 5.91 Å². The maximum atomic E-state index is 11.5. The van der Waals surface area contributed by atoms with E-state index in [4.69, 9.17) is 5.84 Å². The Hall–Kier alpha value is -1.54. The summed E-state index contributed by atoms with van der Waals surface area (Å²) in [4.78, 5) is 13.1. The molecule has 0 aliphatic carbocycles. The van der Waals surface area contributed by atoms with Gasteiger partial charge in [-0.25, -0.2) is 4.68 Å². The van der Waals surface area contributed by atoms with E-state index in [2.05, 4.69) is 26.1 Å². The van der Waals surface area contributed by atoms with Gasteiger partial charge >= 0.3 is 0 Å². The van der Waals surface area contributed by atoms with Crippen LogP contribution < -0.4 is 5.84 Å². The average Bonchev–Trinajstić information content (AvgIpc) is 2.88. The molecular formula is C15H20BrN5OS. The van der Waals surface area contributed by atoms with Gasteiger partial charge < -0.3 is 10.7 Å². The van der Waals surface area contributed by atoms with Crippen molar-refractivity contribution in [1.82, 2.24) is 19.8 Å². The van der Waals surface area contributed by atoms with Crippen LogP contribution in [0.1, 0.15) is 19.3 Å². The van der Waals surface area contributed by atoms with Gasteiger partial charge in [0, 0.05) is 36.3 Å². The molecule has 1 aromatic carbocycles. The number of nitrogen functional groups attached to an aromatic ring is 1. The SMILES string of the molecule is CN(C)C(=O)CCCCSc1nnc(-c2ccccc2Br)n1N. The van der Waals surface area contributed by atoms with Gasteiger partial charge in [-0.15, -0.1) is 10.2 Å². The topological polar surface area (TPSA) is 77.0 Å². The maximum absolute atomic E-state index is 11.5. The predicted molar refractivity (Wildman–Crippen MR) is 96.6 cm³/mol. The molecule has 0 bridgehead atoms. The highest BCUT2D eigenvalue weighted by Gasteiger charge is 2.14. The molecule has 0 radical (unpaired) electrons. The number of nitrogens with zero attached hydrogens (tertiary/aromatic N) is 4. The molecule has 1 heterocycles. The summed E-state index contributed by atoms with van der Waals surface area (Å²) in [5.74, 6) is 7.74. The van der Waals surface area contributed by atoms with Gasteiger partial charge in [0.1, 0.15) is 0 Å². The first-order valence-electron chi connectivity index (χ1n) is 7.29. The second-order valence-corrected chi connectivity index (χ2v) is 7.17. The van der Waals surface area contributed by atoms with Gasteiger partial charge in [0.25, 0.3) is 0 Å². The summed E-state index contributed by atoms with van der Waals surface area (Å²) >= 11 is 5.05. The van der Waals surface area contributed by atoms with Gasteiger partial charge in [-0.3, -0.25) is 4.79 Å². The van der Waals surface area contributed by atoms with Gasteiger partial charge in [-0.05, 0) is 25.0 Å². The molecular weight excluding hydrogens is 378 g/mol. The van der Waals surface area contributed by atoms with Crippen LogP contribution in [-0.4, -0.2) is 45.5 Å². The lowest BCUT2D eigenvalue weighted by Crippen LogP contribution is -2.21. The largest absolute Gasteiger partial charge is 0.349 e. The molecule has 0 fully saturated rings. The zero-order chi connectivity index (χ0) is 16.8. The van der Waals surface area contributed by atoms with Crippen molar-refractivity contribution in [3.8, 4) is 11.4 Å². The molecule has 0 aliphatic rings. The molecule has 0 saturated heterocycles. The van der Waals surface area contributed by atoms with Crippen molar-refractivity contribution in [2.75, 3.05) is 25.7 Å². The minimum atomic E-state index is 0.160. The fourth-order valence-corrected chi connectivity index (χ4v) is 3.28. The molecule has 0 atom stereocenters. The maximum Gasteiger partial charge on any atom is 0.222 e. The normalized spacial score (nSPS) is 10.7. The van der Waals surface area contributed by atoms with Crippen LogP contribution in [0, 0.1) is 0 Å². The molecule has 8 heteroatoms. The minimum Gasteiger partial charge on any atom is -0.349 e. The lowest BCUT2D eigenvalue weighted by molar-refractivity contribution is -0.128. The zero-order valence-corrected chi connectivity index (χ0v) is 15.6. The van der Waals surface area contributed by atoms with E-state index in [1.54, 1.807) is 30.8 Å². The number of carbonyl (C=O) groups is 1. The summed E-state index contributed by atoms with van der Waals surface area (Å²) in [6.07, 6.45) is 2.37. The number of benzene rings is 1.